The van der Waals surface area contributed by atoms with Gasteiger partial charge in [-0.1, -0.05) is 25.5 Å². The van der Waals surface area contributed by atoms with Crippen LogP contribution in [0.5, 0.6) is 0 Å². The molecule has 3 nitrogen and oxygen atoms in total. The summed E-state index contributed by atoms with van der Waals surface area (Å²) >= 11 is 0. The fourth-order valence-electron chi connectivity index (χ4n) is 6.94. The zero-order chi connectivity index (χ0) is 17.5. The SMILES string of the molecule is C=C1CCC2[C@@H](CCC3[C@]2(C)CCC[C@]3(C)C(=O)OC)C1CCO. The number of hydrogen-bond donors (Lipinski definition) is 1. The molecule has 3 aliphatic carbocycles. The van der Waals surface area contributed by atoms with E-state index >= 15 is 0 Å². The lowest BCUT2D eigenvalue weighted by Crippen LogP contribution is -2.57. The van der Waals surface area contributed by atoms with Crippen LogP contribution in [0.4, 0.5) is 0 Å². The fourth-order valence-corrected chi connectivity index (χ4v) is 6.94. The van der Waals surface area contributed by atoms with E-state index in [0.717, 1.165) is 32.1 Å². The maximum absolute atomic E-state index is 12.6. The third kappa shape index (κ3) is 2.55. The van der Waals surface area contributed by atoms with Crippen LogP contribution in [-0.2, 0) is 9.53 Å². The molecule has 3 saturated carbocycles. The fraction of sp³-hybridized carbons (Fsp3) is 0.857. The Kier molecular flexibility index (Phi) is 4.85. The smallest absolute Gasteiger partial charge is 0.311 e. The molecular formula is C21H34O3. The number of rotatable bonds is 3. The number of carbonyl (C=O) groups is 1. The number of ether oxygens (including phenoxy) is 1. The highest BCUT2D eigenvalue weighted by molar-refractivity contribution is 5.77. The number of hydrogen-bond acceptors (Lipinski definition) is 3. The van der Waals surface area contributed by atoms with E-state index < -0.39 is 0 Å². The van der Waals surface area contributed by atoms with Gasteiger partial charge in [0.2, 0.25) is 0 Å². The van der Waals surface area contributed by atoms with Crippen molar-refractivity contribution in [3.05, 3.63) is 12.2 Å². The maximum atomic E-state index is 12.6. The summed E-state index contributed by atoms with van der Waals surface area (Å²) in [4.78, 5) is 12.6. The van der Waals surface area contributed by atoms with Gasteiger partial charge >= 0.3 is 5.97 Å². The molecule has 3 unspecified atom stereocenters. The first-order valence-corrected chi connectivity index (χ1v) is 9.75. The summed E-state index contributed by atoms with van der Waals surface area (Å²) in [6, 6.07) is 0. The van der Waals surface area contributed by atoms with E-state index in [0.29, 0.717) is 23.7 Å². The minimum Gasteiger partial charge on any atom is -0.469 e. The molecule has 0 radical (unpaired) electrons. The summed E-state index contributed by atoms with van der Waals surface area (Å²) in [6.07, 6.45) is 8.73. The van der Waals surface area contributed by atoms with Crippen LogP contribution in [0.3, 0.4) is 0 Å². The highest BCUT2D eigenvalue weighted by Gasteiger charge is 2.60. The van der Waals surface area contributed by atoms with Crippen LogP contribution in [0.25, 0.3) is 0 Å². The summed E-state index contributed by atoms with van der Waals surface area (Å²) in [5.41, 5.74) is 1.24. The van der Waals surface area contributed by atoms with Gasteiger partial charge in [-0.15, -0.1) is 0 Å². The Labute approximate surface area is 146 Å². The molecule has 3 heteroatoms. The van der Waals surface area contributed by atoms with Gasteiger partial charge in [-0.25, -0.2) is 0 Å². The number of allylic oxidation sites excluding steroid dienone is 1. The highest BCUT2D eigenvalue weighted by atomic mass is 16.5. The first-order valence-electron chi connectivity index (χ1n) is 9.75. The van der Waals surface area contributed by atoms with Crippen LogP contribution < -0.4 is 0 Å². The highest BCUT2D eigenvalue weighted by Crippen LogP contribution is 2.65. The molecule has 136 valence electrons. The minimum absolute atomic E-state index is 0.0102. The van der Waals surface area contributed by atoms with Crippen LogP contribution in [-0.4, -0.2) is 24.8 Å². The lowest BCUT2D eigenvalue weighted by molar-refractivity contribution is -0.176. The van der Waals surface area contributed by atoms with Gasteiger partial charge in [0.05, 0.1) is 12.5 Å². The van der Waals surface area contributed by atoms with E-state index in [9.17, 15) is 9.90 Å². The third-order valence-electron chi connectivity index (χ3n) is 8.04. The maximum Gasteiger partial charge on any atom is 0.311 e. The zero-order valence-electron chi connectivity index (χ0n) is 15.6. The molecule has 0 aromatic heterocycles. The monoisotopic (exact) mass is 334 g/mol. The molecule has 0 bridgehead atoms. The first-order chi connectivity index (χ1) is 11.4. The zero-order valence-corrected chi connectivity index (χ0v) is 15.6. The van der Waals surface area contributed by atoms with Gasteiger partial charge in [-0.2, -0.15) is 0 Å². The van der Waals surface area contributed by atoms with Gasteiger partial charge in [0.15, 0.2) is 0 Å². The average Bonchev–Trinajstić information content (AvgIpc) is 2.56. The first kappa shape index (κ1) is 18.0. The molecule has 3 rings (SSSR count). The summed E-state index contributed by atoms with van der Waals surface area (Å²) < 4.78 is 5.21. The van der Waals surface area contributed by atoms with Gasteiger partial charge in [0.25, 0.3) is 0 Å². The quantitative estimate of drug-likeness (QED) is 0.616. The summed E-state index contributed by atoms with van der Waals surface area (Å²) in [6.45, 7) is 9.16. The van der Waals surface area contributed by atoms with Gasteiger partial charge in [-0.3, -0.25) is 4.79 Å². The molecule has 3 aliphatic rings. The molecule has 0 heterocycles. The number of aliphatic hydroxyl groups excluding tert-OH is 1. The van der Waals surface area contributed by atoms with Gasteiger partial charge in [-0.05, 0) is 81.0 Å². The van der Waals surface area contributed by atoms with Crippen molar-refractivity contribution in [2.75, 3.05) is 13.7 Å². The summed E-state index contributed by atoms with van der Waals surface area (Å²) in [5.74, 6) is 2.18. The van der Waals surface area contributed by atoms with Crippen molar-refractivity contribution in [2.45, 2.75) is 65.2 Å². The number of fused-ring (bicyclic) bond motifs is 3. The second-order valence-electron chi connectivity index (χ2n) is 8.98. The minimum atomic E-state index is -0.326. The number of methoxy groups -OCH3 is 1. The number of esters is 1. The number of aliphatic hydroxyl groups is 1. The van der Waals surface area contributed by atoms with Crippen LogP contribution in [0.15, 0.2) is 12.2 Å². The molecule has 3 fully saturated rings. The predicted octanol–water partition coefficient (Wildman–Crippen LogP) is 4.35. The Balaban J connectivity index is 1.92. The van der Waals surface area contributed by atoms with Crippen molar-refractivity contribution < 1.29 is 14.6 Å². The molecule has 1 N–H and O–H groups in total. The molecule has 6 atom stereocenters. The van der Waals surface area contributed by atoms with E-state index in [4.69, 9.17) is 4.74 Å². The summed E-state index contributed by atoms with van der Waals surface area (Å²) in [7, 11) is 1.53. The van der Waals surface area contributed by atoms with E-state index in [1.807, 2.05) is 0 Å². The molecule has 0 aliphatic heterocycles. The molecule has 0 amide bonds. The van der Waals surface area contributed by atoms with Crippen molar-refractivity contribution >= 4 is 5.97 Å². The van der Waals surface area contributed by atoms with Crippen LogP contribution in [0.2, 0.25) is 0 Å². The average molecular weight is 335 g/mol. The van der Waals surface area contributed by atoms with Crippen LogP contribution in [0, 0.1) is 34.5 Å². The Morgan fingerprint density at radius 1 is 1.29 bits per heavy atom. The van der Waals surface area contributed by atoms with Crippen molar-refractivity contribution in [2.24, 2.45) is 34.5 Å². The van der Waals surface area contributed by atoms with E-state index in [1.165, 1.54) is 31.9 Å². The lowest BCUT2D eigenvalue weighted by atomic mass is 9.43. The van der Waals surface area contributed by atoms with Crippen molar-refractivity contribution in [3.63, 3.8) is 0 Å². The Morgan fingerprint density at radius 3 is 2.71 bits per heavy atom. The molecule has 24 heavy (non-hydrogen) atoms. The van der Waals surface area contributed by atoms with E-state index in [2.05, 4.69) is 20.4 Å². The van der Waals surface area contributed by atoms with Gasteiger partial charge in [0, 0.05) is 6.61 Å². The van der Waals surface area contributed by atoms with Crippen LogP contribution >= 0.6 is 0 Å². The van der Waals surface area contributed by atoms with Crippen molar-refractivity contribution in [1.82, 2.24) is 0 Å². The van der Waals surface area contributed by atoms with Crippen molar-refractivity contribution in [3.8, 4) is 0 Å². The summed E-state index contributed by atoms with van der Waals surface area (Å²) in [5, 5.41) is 9.51. The molecule has 0 saturated heterocycles. The molecule has 0 spiro atoms. The van der Waals surface area contributed by atoms with Crippen LogP contribution in [0.1, 0.15) is 65.2 Å². The Bertz CT molecular complexity index is 513. The standard InChI is InChI=1S/C21H34O3/c1-14-6-8-17-16(15(14)10-13-22)7-9-18-20(17,2)11-5-12-21(18,3)19(23)24-4/h15-18,22H,1,5-13H2,2-4H3/t15?,16-,17?,18?,20+,21-/m0/s1. The lowest BCUT2D eigenvalue weighted by Gasteiger charge is -2.61. The third-order valence-corrected chi connectivity index (χ3v) is 8.04. The molecule has 0 aromatic rings. The van der Waals surface area contributed by atoms with Crippen molar-refractivity contribution in [1.29, 1.82) is 0 Å². The van der Waals surface area contributed by atoms with E-state index in [1.54, 1.807) is 0 Å². The van der Waals surface area contributed by atoms with Gasteiger partial charge in [0.1, 0.15) is 0 Å². The second-order valence-corrected chi connectivity index (χ2v) is 8.98. The Morgan fingerprint density at radius 2 is 2.04 bits per heavy atom. The predicted molar refractivity (Wildman–Crippen MR) is 95.4 cm³/mol. The molecule has 0 aromatic carbocycles. The Hall–Kier alpha value is -0.830. The largest absolute Gasteiger partial charge is 0.469 e. The van der Waals surface area contributed by atoms with E-state index in [-0.39, 0.29) is 23.4 Å². The molecular weight excluding hydrogens is 300 g/mol. The normalized spacial score (nSPS) is 45.2. The van der Waals surface area contributed by atoms with Gasteiger partial charge < -0.3 is 9.84 Å². The number of carbonyl (C=O) groups excluding carboxylic acids is 1. The second kappa shape index (κ2) is 6.48. The topological polar surface area (TPSA) is 46.5 Å².